The third-order valence-corrected chi connectivity index (χ3v) is 6.63. The van der Waals surface area contributed by atoms with E-state index in [0.717, 1.165) is 82.2 Å². The van der Waals surface area contributed by atoms with Crippen LogP contribution in [0.3, 0.4) is 0 Å². The summed E-state index contributed by atoms with van der Waals surface area (Å²) in [4.78, 5) is 14.2. The Morgan fingerprint density at radius 1 is 1.09 bits per heavy atom. The molecule has 2 saturated heterocycles. The molecule has 2 aliphatic heterocycles. The second kappa shape index (κ2) is 10.4. The number of anilines is 1. The minimum atomic E-state index is 0.241. The molecule has 1 atom stereocenters. The molecule has 0 saturated carbocycles. The molecule has 0 N–H and O–H groups in total. The van der Waals surface area contributed by atoms with Crippen molar-refractivity contribution in [3.63, 3.8) is 0 Å². The topological polar surface area (TPSA) is 72.2 Å². The SMILES string of the molecule is CCc1cc(N2CCN(Cc3ccccn3)CC2)cnc1-c1cn(C[C@H]2CCCCO2)nn1. The van der Waals surface area contributed by atoms with E-state index in [4.69, 9.17) is 9.72 Å². The van der Waals surface area contributed by atoms with Gasteiger partial charge in [-0.15, -0.1) is 5.10 Å². The number of hydrogen-bond acceptors (Lipinski definition) is 7. The molecular weight excluding hydrogens is 414 g/mol. The Balaban J connectivity index is 1.22. The molecule has 0 bridgehead atoms. The number of piperazine rings is 1. The first-order valence-electron chi connectivity index (χ1n) is 12.2. The maximum atomic E-state index is 5.85. The Kier molecular flexibility index (Phi) is 6.92. The van der Waals surface area contributed by atoms with E-state index < -0.39 is 0 Å². The van der Waals surface area contributed by atoms with E-state index in [1.54, 1.807) is 0 Å². The van der Waals surface area contributed by atoms with Gasteiger partial charge in [0, 0.05) is 45.5 Å². The van der Waals surface area contributed by atoms with Crippen molar-refractivity contribution in [2.24, 2.45) is 0 Å². The molecule has 33 heavy (non-hydrogen) atoms. The van der Waals surface area contributed by atoms with Gasteiger partial charge in [-0.2, -0.15) is 0 Å². The smallest absolute Gasteiger partial charge is 0.131 e. The molecule has 5 rings (SSSR count). The van der Waals surface area contributed by atoms with E-state index >= 15 is 0 Å². The molecule has 0 aliphatic carbocycles. The summed E-state index contributed by atoms with van der Waals surface area (Å²) in [6, 6.07) is 8.40. The summed E-state index contributed by atoms with van der Waals surface area (Å²) in [5, 5.41) is 8.76. The van der Waals surface area contributed by atoms with Crippen molar-refractivity contribution in [3.8, 4) is 11.4 Å². The van der Waals surface area contributed by atoms with Crippen LogP contribution in [0.4, 0.5) is 5.69 Å². The highest BCUT2D eigenvalue weighted by atomic mass is 16.5. The summed E-state index contributed by atoms with van der Waals surface area (Å²) in [5.74, 6) is 0. The molecular formula is C25H33N7O. The first-order chi connectivity index (χ1) is 16.3. The molecule has 0 unspecified atom stereocenters. The van der Waals surface area contributed by atoms with Gasteiger partial charge in [-0.3, -0.25) is 14.9 Å². The first kappa shape index (κ1) is 22.0. The average Bonchev–Trinajstić information content (AvgIpc) is 3.33. The number of ether oxygens (including phenoxy) is 1. The molecule has 2 aliphatic rings. The fraction of sp³-hybridized carbons (Fsp3) is 0.520. The molecule has 0 radical (unpaired) electrons. The molecule has 3 aromatic rings. The number of hydrogen-bond donors (Lipinski definition) is 0. The highest BCUT2D eigenvalue weighted by Crippen LogP contribution is 2.26. The number of pyridine rings is 2. The van der Waals surface area contributed by atoms with Gasteiger partial charge in [0.25, 0.3) is 0 Å². The third kappa shape index (κ3) is 5.39. The van der Waals surface area contributed by atoms with Gasteiger partial charge in [0.15, 0.2) is 0 Å². The lowest BCUT2D eigenvalue weighted by atomic mass is 10.1. The van der Waals surface area contributed by atoms with E-state index in [9.17, 15) is 0 Å². The van der Waals surface area contributed by atoms with E-state index in [2.05, 4.69) is 50.2 Å². The summed E-state index contributed by atoms with van der Waals surface area (Å²) >= 11 is 0. The van der Waals surface area contributed by atoms with E-state index in [1.165, 1.54) is 17.7 Å². The lowest BCUT2D eigenvalue weighted by Crippen LogP contribution is -2.46. The van der Waals surface area contributed by atoms with Crippen LogP contribution in [0.15, 0.2) is 42.9 Å². The van der Waals surface area contributed by atoms with Gasteiger partial charge < -0.3 is 9.64 Å². The zero-order valence-corrected chi connectivity index (χ0v) is 19.4. The van der Waals surface area contributed by atoms with Crippen LogP contribution in [-0.4, -0.2) is 68.8 Å². The Morgan fingerprint density at radius 2 is 2.00 bits per heavy atom. The van der Waals surface area contributed by atoms with E-state index in [-0.39, 0.29) is 6.10 Å². The van der Waals surface area contributed by atoms with Crippen LogP contribution >= 0.6 is 0 Å². The van der Waals surface area contributed by atoms with Crippen molar-refractivity contribution in [2.45, 2.75) is 51.8 Å². The molecule has 0 amide bonds. The molecule has 0 aromatic carbocycles. The van der Waals surface area contributed by atoms with Crippen LogP contribution < -0.4 is 4.90 Å². The van der Waals surface area contributed by atoms with Gasteiger partial charge in [0.1, 0.15) is 5.69 Å². The van der Waals surface area contributed by atoms with Crippen LogP contribution in [0.25, 0.3) is 11.4 Å². The zero-order valence-electron chi connectivity index (χ0n) is 19.4. The highest BCUT2D eigenvalue weighted by Gasteiger charge is 2.20. The van der Waals surface area contributed by atoms with Gasteiger partial charge in [-0.1, -0.05) is 18.2 Å². The quantitative estimate of drug-likeness (QED) is 0.551. The summed E-state index contributed by atoms with van der Waals surface area (Å²) in [7, 11) is 0. The molecule has 8 heteroatoms. The van der Waals surface area contributed by atoms with Gasteiger partial charge in [0.2, 0.25) is 0 Å². The third-order valence-electron chi connectivity index (χ3n) is 6.63. The summed E-state index contributed by atoms with van der Waals surface area (Å²) in [6.45, 7) is 8.74. The van der Waals surface area contributed by atoms with Crippen molar-refractivity contribution < 1.29 is 4.74 Å². The van der Waals surface area contributed by atoms with Gasteiger partial charge in [-0.25, -0.2) is 4.68 Å². The van der Waals surface area contributed by atoms with Gasteiger partial charge in [0.05, 0.1) is 42.1 Å². The Morgan fingerprint density at radius 3 is 2.76 bits per heavy atom. The van der Waals surface area contributed by atoms with Crippen molar-refractivity contribution in [2.75, 3.05) is 37.7 Å². The fourth-order valence-corrected chi connectivity index (χ4v) is 4.71. The van der Waals surface area contributed by atoms with Gasteiger partial charge in [-0.05, 0) is 49.4 Å². The molecule has 5 heterocycles. The molecule has 2 fully saturated rings. The van der Waals surface area contributed by atoms with Gasteiger partial charge >= 0.3 is 0 Å². The predicted octanol–water partition coefficient (Wildman–Crippen LogP) is 3.19. The Labute approximate surface area is 195 Å². The average molecular weight is 448 g/mol. The normalized spacial score (nSPS) is 19.7. The molecule has 174 valence electrons. The Bertz CT molecular complexity index is 1020. The number of aromatic nitrogens is 5. The largest absolute Gasteiger partial charge is 0.376 e. The van der Waals surface area contributed by atoms with Crippen LogP contribution in [0.1, 0.15) is 37.4 Å². The van der Waals surface area contributed by atoms with Crippen LogP contribution in [0, 0.1) is 0 Å². The van der Waals surface area contributed by atoms with Crippen molar-refractivity contribution in [3.05, 3.63) is 54.1 Å². The van der Waals surface area contributed by atoms with Crippen LogP contribution in [0.5, 0.6) is 0 Å². The second-order valence-corrected chi connectivity index (χ2v) is 8.95. The summed E-state index contributed by atoms with van der Waals surface area (Å²) in [5.41, 5.74) is 5.31. The minimum absolute atomic E-state index is 0.241. The van der Waals surface area contributed by atoms with Crippen molar-refractivity contribution in [1.82, 2.24) is 29.9 Å². The van der Waals surface area contributed by atoms with E-state index in [1.807, 2.05) is 29.3 Å². The Hall–Kier alpha value is -2.84. The number of rotatable bonds is 7. The highest BCUT2D eigenvalue weighted by molar-refractivity contribution is 5.62. The summed E-state index contributed by atoms with van der Waals surface area (Å²) < 4.78 is 7.75. The van der Waals surface area contributed by atoms with Crippen molar-refractivity contribution in [1.29, 1.82) is 0 Å². The monoisotopic (exact) mass is 447 g/mol. The standard InChI is InChI=1S/C25H33N7O/c1-2-20-15-22(31-12-10-30(11-13-31)17-21-7-3-5-9-26-21)16-27-25(20)24-19-32(29-28-24)18-23-8-4-6-14-33-23/h3,5,7,9,15-16,19,23H,2,4,6,8,10-14,17-18H2,1H3/t23-/m1/s1. The maximum Gasteiger partial charge on any atom is 0.131 e. The zero-order chi connectivity index (χ0) is 22.5. The number of aryl methyl sites for hydroxylation is 1. The van der Waals surface area contributed by atoms with E-state index in [0.29, 0.717) is 0 Å². The lowest BCUT2D eigenvalue weighted by molar-refractivity contribution is 0.00370. The maximum absolute atomic E-state index is 5.85. The fourth-order valence-electron chi connectivity index (χ4n) is 4.71. The molecule has 3 aromatic heterocycles. The summed E-state index contributed by atoms with van der Waals surface area (Å²) in [6.07, 6.45) is 10.5. The predicted molar refractivity (Wildman–Crippen MR) is 128 cm³/mol. The molecule has 8 nitrogen and oxygen atoms in total. The minimum Gasteiger partial charge on any atom is -0.376 e. The number of nitrogens with zero attached hydrogens (tertiary/aromatic N) is 7. The second-order valence-electron chi connectivity index (χ2n) is 8.95. The van der Waals surface area contributed by atoms with Crippen LogP contribution in [-0.2, 0) is 24.2 Å². The lowest BCUT2D eigenvalue weighted by Gasteiger charge is -2.36. The van der Waals surface area contributed by atoms with Crippen molar-refractivity contribution >= 4 is 5.69 Å². The first-order valence-corrected chi connectivity index (χ1v) is 12.2. The molecule has 0 spiro atoms. The van der Waals surface area contributed by atoms with Crippen LogP contribution in [0.2, 0.25) is 0 Å².